The van der Waals surface area contributed by atoms with E-state index in [2.05, 4.69) is 15.8 Å². The van der Waals surface area contributed by atoms with Crippen LogP contribution in [0.3, 0.4) is 0 Å². The summed E-state index contributed by atoms with van der Waals surface area (Å²) in [4.78, 5) is 23.4. The van der Waals surface area contributed by atoms with Crippen molar-refractivity contribution in [1.29, 1.82) is 0 Å². The van der Waals surface area contributed by atoms with E-state index < -0.39 is 0 Å². The summed E-state index contributed by atoms with van der Waals surface area (Å²) in [5.41, 5.74) is 1.98. The van der Waals surface area contributed by atoms with Gasteiger partial charge < -0.3 is 15.2 Å². The quantitative estimate of drug-likeness (QED) is 0.686. The fourth-order valence-corrected chi connectivity index (χ4v) is 2.12. The van der Waals surface area contributed by atoms with Crippen molar-refractivity contribution in [3.8, 4) is 0 Å². The first-order valence-electron chi connectivity index (χ1n) is 7.69. The van der Waals surface area contributed by atoms with Gasteiger partial charge in [0.15, 0.2) is 0 Å². The van der Waals surface area contributed by atoms with Crippen LogP contribution in [0.25, 0.3) is 0 Å². The van der Waals surface area contributed by atoms with Crippen molar-refractivity contribution < 1.29 is 14.1 Å². The van der Waals surface area contributed by atoms with Gasteiger partial charge in [-0.3, -0.25) is 9.59 Å². The van der Waals surface area contributed by atoms with E-state index in [9.17, 15) is 9.59 Å². The summed E-state index contributed by atoms with van der Waals surface area (Å²) in [6, 6.07) is 9.52. The van der Waals surface area contributed by atoms with E-state index in [1.165, 1.54) is 0 Å². The van der Waals surface area contributed by atoms with Crippen LogP contribution in [0.4, 0.5) is 0 Å². The number of carbonyl (C=O) groups is 2. The van der Waals surface area contributed by atoms with Crippen LogP contribution in [0.2, 0.25) is 0 Å². The Morgan fingerprint density at radius 3 is 2.52 bits per heavy atom. The van der Waals surface area contributed by atoms with Crippen LogP contribution in [0, 0.1) is 0 Å². The fraction of sp³-hybridized carbons (Fsp3) is 0.353. The van der Waals surface area contributed by atoms with Gasteiger partial charge in [0.2, 0.25) is 11.8 Å². The van der Waals surface area contributed by atoms with Crippen LogP contribution in [0.1, 0.15) is 24.0 Å². The van der Waals surface area contributed by atoms with Gasteiger partial charge in [-0.05, 0) is 18.4 Å². The molecular weight excluding hydrogens is 294 g/mol. The first-order chi connectivity index (χ1) is 11.2. The summed E-state index contributed by atoms with van der Waals surface area (Å²) < 4.78 is 4.73. The summed E-state index contributed by atoms with van der Waals surface area (Å²) in [6.45, 7) is 0.950. The SMILES string of the molecule is O=C(CCNC(=O)Cc1ccccc1)NCCCc1cnoc1. The molecule has 0 unspecified atom stereocenters. The molecule has 1 heterocycles. The van der Waals surface area contributed by atoms with Crippen molar-refractivity contribution in [1.82, 2.24) is 15.8 Å². The normalized spacial score (nSPS) is 10.3. The van der Waals surface area contributed by atoms with Crippen LogP contribution in [0.15, 0.2) is 47.3 Å². The average molecular weight is 315 g/mol. The fourth-order valence-electron chi connectivity index (χ4n) is 2.12. The third kappa shape index (κ3) is 6.78. The Balaban J connectivity index is 1.51. The van der Waals surface area contributed by atoms with E-state index in [0.717, 1.165) is 24.0 Å². The molecule has 2 amide bonds. The minimum absolute atomic E-state index is 0.0599. The number of carbonyl (C=O) groups excluding carboxylic acids is 2. The number of benzene rings is 1. The lowest BCUT2D eigenvalue weighted by Gasteiger charge is -2.06. The van der Waals surface area contributed by atoms with Crippen molar-refractivity contribution >= 4 is 11.8 Å². The number of hydrogen-bond acceptors (Lipinski definition) is 4. The standard InChI is InChI=1S/C17H21N3O3/c21-16(18-9-4-7-15-12-20-23-13-15)8-10-19-17(22)11-14-5-2-1-3-6-14/h1-3,5-6,12-13H,4,7-11H2,(H,18,21)(H,19,22). The van der Waals surface area contributed by atoms with Crippen LogP contribution in [0.5, 0.6) is 0 Å². The molecule has 2 N–H and O–H groups in total. The van der Waals surface area contributed by atoms with Crippen LogP contribution < -0.4 is 10.6 Å². The maximum absolute atomic E-state index is 11.7. The summed E-state index contributed by atoms with van der Waals surface area (Å²) in [5.74, 6) is -0.133. The van der Waals surface area contributed by atoms with Crippen molar-refractivity contribution in [2.45, 2.75) is 25.7 Å². The van der Waals surface area contributed by atoms with E-state index in [1.807, 2.05) is 30.3 Å². The zero-order valence-corrected chi connectivity index (χ0v) is 13.0. The van der Waals surface area contributed by atoms with Gasteiger partial charge in [0.25, 0.3) is 0 Å². The molecular formula is C17H21N3O3. The molecule has 0 saturated carbocycles. The molecule has 2 rings (SSSR count). The van der Waals surface area contributed by atoms with Gasteiger partial charge >= 0.3 is 0 Å². The maximum Gasteiger partial charge on any atom is 0.224 e. The molecule has 0 bridgehead atoms. The zero-order valence-electron chi connectivity index (χ0n) is 13.0. The van der Waals surface area contributed by atoms with E-state index in [1.54, 1.807) is 12.5 Å². The molecule has 0 aliphatic carbocycles. The van der Waals surface area contributed by atoms with Crippen molar-refractivity contribution in [3.63, 3.8) is 0 Å². The molecule has 0 radical (unpaired) electrons. The van der Waals surface area contributed by atoms with Crippen LogP contribution >= 0.6 is 0 Å². The smallest absolute Gasteiger partial charge is 0.224 e. The molecule has 1 aromatic carbocycles. The number of aromatic nitrogens is 1. The number of rotatable bonds is 9. The Labute approximate surface area is 135 Å². The monoisotopic (exact) mass is 315 g/mol. The Morgan fingerprint density at radius 2 is 1.78 bits per heavy atom. The molecule has 2 aromatic rings. The summed E-state index contributed by atoms with van der Waals surface area (Å²) in [5, 5.41) is 9.20. The van der Waals surface area contributed by atoms with Gasteiger partial charge in [0.1, 0.15) is 6.26 Å². The topological polar surface area (TPSA) is 84.2 Å². The number of amides is 2. The van der Waals surface area contributed by atoms with Gasteiger partial charge in [-0.15, -0.1) is 0 Å². The largest absolute Gasteiger partial charge is 0.364 e. The predicted octanol–water partition coefficient (Wildman–Crippen LogP) is 1.47. The van der Waals surface area contributed by atoms with Gasteiger partial charge in [-0.2, -0.15) is 0 Å². The summed E-state index contributed by atoms with van der Waals surface area (Å²) in [7, 11) is 0. The highest BCUT2D eigenvalue weighted by atomic mass is 16.5. The number of nitrogens with one attached hydrogen (secondary N) is 2. The Hall–Kier alpha value is -2.63. The molecule has 0 fully saturated rings. The van der Waals surface area contributed by atoms with E-state index in [-0.39, 0.29) is 18.2 Å². The first kappa shape index (κ1) is 16.7. The van der Waals surface area contributed by atoms with Gasteiger partial charge in [-0.25, -0.2) is 0 Å². The minimum atomic E-state index is -0.0727. The number of aryl methyl sites for hydroxylation is 1. The second-order valence-corrected chi connectivity index (χ2v) is 5.25. The minimum Gasteiger partial charge on any atom is -0.364 e. The molecule has 0 atom stereocenters. The second kappa shape index (κ2) is 9.40. The molecule has 122 valence electrons. The van der Waals surface area contributed by atoms with Gasteiger partial charge in [-0.1, -0.05) is 35.5 Å². The first-order valence-corrected chi connectivity index (χ1v) is 7.69. The molecule has 23 heavy (non-hydrogen) atoms. The van der Waals surface area contributed by atoms with E-state index in [0.29, 0.717) is 19.5 Å². The van der Waals surface area contributed by atoms with Gasteiger partial charge in [0.05, 0.1) is 12.6 Å². The highest BCUT2D eigenvalue weighted by Crippen LogP contribution is 2.00. The molecule has 0 saturated heterocycles. The Bertz CT molecular complexity index is 597. The third-order valence-corrected chi connectivity index (χ3v) is 3.33. The lowest BCUT2D eigenvalue weighted by molar-refractivity contribution is -0.122. The van der Waals surface area contributed by atoms with Crippen molar-refractivity contribution in [3.05, 3.63) is 53.9 Å². The Morgan fingerprint density at radius 1 is 1.00 bits per heavy atom. The van der Waals surface area contributed by atoms with Crippen molar-refractivity contribution in [2.24, 2.45) is 0 Å². The molecule has 0 spiro atoms. The molecule has 6 nitrogen and oxygen atoms in total. The lowest BCUT2D eigenvalue weighted by Crippen LogP contribution is -2.32. The van der Waals surface area contributed by atoms with Crippen LogP contribution in [-0.2, 0) is 22.4 Å². The molecule has 6 heteroatoms. The Kier molecular flexibility index (Phi) is 6.84. The van der Waals surface area contributed by atoms with Crippen molar-refractivity contribution in [2.75, 3.05) is 13.1 Å². The second-order valence-electron chi connectivity index (χ2n) is 5.25. The third-order valence-electron chi connectivity index (χ3n) is 3.33. The molecule has 0 aliphatic rings. The van der Waals surface area contributed by atoms with E-state index >= 15 is 0 Å². The maximum atomic E-state index is 11.7. The predicted molar refractivity (Wildman–Crippen MR) is 85.6 cm³/mol. The zero-order chi connectivity index (χ0) is 16.3. The average Bonchev–Trinajstić information content (AvgIpc) is 3.06. The summed E-state index contributed by atoms with van der Waals surface area (Å²) >= 11 is 0. The van der Waals surface area contributed by atoms with Crippen LogP contribution in [-0.4, -0.2) is 30.1 Å². The van der Waals surface area contributed by atoms with E-state index in [4.69, 9.17) is 4.52 Å². The number of nitrogens with zero attached hydrogens (tertiary/aromatic N) is 1. The highest BCUT2D eigenvalue weighted by Gasteiger charge is 2.05. The lowest BCUT2D eigenvalue weighted by atomic mass is 10.1. The molecule has 0 aliphatic heterocycles. The molecule has 1 aromatic heterocycles. The number of hydrogen-bond donors (Lipinski definition) is 2. The highest BCUT2D eigenvalue weighted by molar-refractivity contribution is 5.80. The van der Waals surface area contributed by atoms with Gasteiger partial charge in [0, 0.05) is 25.1 Å². The summed E-state index contributed by atoms with van der Waals surface area (Å²) in [6.07, 6.45) is 5.54.